The standard InChI is InChI=1S/2C14H26NO2S5.C3H8.2CH4S.2Y/c2*1-5-7-12(8-6-2)9-14(17)10-13(11-16)15(21(3)19)22(4)20-18;1-3-2;2*1-2;;/h2*12-13H,5-10H2,1-4H3;3H2,1-2H3;2*2H,1H3;;/q2*-1;;;;;/p-2. The van der Waals surface area contributed by atoms with Crippen LogP contribution in [0.5, 0.6) is 0 Å². The van der Waals surface area contributed by atoms with E-state index in [0.717, 1.165) is 51.4 Å². The molecular weight excluding hydrogens is 1050 g/mol. The van der Waals surface area contributed by atoms with Crippen molar-refractivity contribution < 1.29 is 84.6 Å². The zero-order valence-electron chi connectivity index (χ0n) is 34.1. The smallest absolute Gasteiger partial charge is 0.132 e. The number of hydrogen-bond donors (Lipinski definition) is 0. The summed E-state index contributed by atoms with van der Waals surface area (Å²) in [6.07, 6.45) is 26.2. The number of nitrogens with zero attached hydrogens (tertiary/aromatic N) is 2. The average molecular weight is 1120 g/mol. The first kappa shape index (κ1) is 71.7. The maximum Gasteiger partial charge on any atom is 0.132 e. The van der Waals surface area contributed by atoms with Crippen molar-refractivity contribution >= 4 is 150 Å². The topological polar surface area (TPSA) is 74.8 Å². The molecular formula is C33H66N2O4S12Y2-4. The number of hydrogen-bond acceptors (Lipinski definition) is 10. The minimum Gasteiger partial charge on any atom is -0.796 e. The molecule has 0 spiro atoms. The molecule has 0 saturated carbocycles. The van der Waals surface area contributed by atoms with E-state index in [4.69, 9.17) is 44.8 Å². The maximum absolute atomic E-state index is 12.3. The third kappa shape index (κ3) is 40.1. The van der Waals surface area contributed by atoms with Crippen molar-refractivity contribution in [2.24, 2.45) is 11.8 Å². The molecule has 0 saturated heterocycles. The van der Waals surface area contributed by atoms with Gasteiger partial charge in [-0.2, -0.15) is 12.5 Å². The summed E-state index contributed by atoms with van der Waals surface area (Å²) in [6.45, 7) is 12.8. The van der Waals surface area contributed by atoms with Gasteiger partial charge in [0.1, 0.15) is 11.6 Å². The minimum absolute atomic E-state index is 0. The molecule has 0 amide bonds. The Kier molecular flexibility index (Phi) is 70.9. The van der Waals surface area contributed by atoms with Gasteiger partial charge in [-0.25, -0.2) is 20.0 Å². The number of carbonyl (C=O) groups is 2. The Labute approximate surface area is 422 Å². The van der Waals surface area contributed by atoms with E-state index in [0.29, 0.717) is 24.7 Å². The van der Waals surface area contributed by atoms with Crippen molar-refractivity contribution in [1.29, 1.82) is 0 Å². The van der Waals surface area contributed by atoms with Crippen molar-refractivity contribution in [1.82, 2.24) is 7.42 Å². The molecule has 53 heavy (non-hydrogen) atoms. The Hall–Kier alpha value is 4.23. The largest absolute Gasteiger partial charge is 0.796 e. The van der Waals surface area contributed by atoms with Gasteiger partial charge in [0.05, 0.1) is 0 Å². The molecule has 0 fully saturated rings. The molecule has 20 heteroatoms. The minimum atomic E-state index is -0.564. The van der Waals surface area contributed by atoms with Gasteiger partial charge in [0.25, 0.3) is 0 Å². The van der Waals surface area contributed by atoms with Crippen molar-refractivity contribution in [3.05, 3.63) is 0 Å². The van der Waals surface area contributed by atoms with E-state index in [2.05, 4.69) is 66.8 Å². The van der Waals surface area contributed by atoms with Gasteiger partial charge in [0.15, 0.2) is 0 Å². The Bertz CT molecular complexity index is 1000. The molecule has 0 aromatic carbocycles. The van der Waals surface area contributed by atoms with E-state index in [9.17, 15) is 19.2 Å². The predicted octanol–water partition coefficient (Wildman–Crippen LogP) is 6.90. The molecule has 0 aromatic heterocycles. The summed E-state index contributed by atoms with van der Waals surface area (Å²) in [7, 11) is 0.749. The molecule has 0 aliphatic rings. The van der Waals surface area contributed by atoms with Gasteiger partial charge in [-0.05, 0) is 126 Å². The second kappa shape index (κ2) is 52.4. The number of Topliss-reactive ketones (excluding diaryl/α,β-unsaturated/α-hetero) is 2. The van der Waals surface area contributed by atoms with Gasteiger partial charge in [-0.1, -0.05) is 111 Å². The summed E-state index contributed by atoms with van der Waals surface area (Å²) in [5.74, 6) is 1.13. The van der Waals surface area contributed by atoms with Crippen LogP contribution in [0.1, 0.15) is 125 Å². The molecule has 6 nitrogen and oxygen atoms in total. The molecule has 0 N–H and O–H groups in total. The van der Waals surface area contributed by atoms with Gasteiger partial charge < -0.3 is 34.8 Å². The van der Waals surface area contributed by atoms with Crippen LogP contribution in [-0.4, -0.2) is 81.2 Å². The Balaban J connectivity index is -0.000000132. The van der Waals surface area contributed by atoms with E-state index >= 15 is 0 Å². The van der Waals surface area contributed by atoms with Gasteiger partial charge >= 0.3 is 0 Å². The molecule has 0 bridgehead atoms. The fourth-order valence-corrected chi connectivity index (χ4v) is 17.4. The fourth-order valence-electron chi connectivity index (χ4n) is 4.96. The third-order valence-electron chi connectivity index (χ3n) is 6.65. The van der Waals surface area contributed by atoms with Gasteiger partial charge in [-0.3, -0.25) is 9.59 Å². The molecule has 0 heterocycles. The van der Waals surface area contributed by atoms with E-state index in [1.54, 1.807) is 12.5 Å². The van der Waals surface area contributed by atoms with Gasteiger partial charge in [0.2, 0.25) is 0 Å². The number of carbonyl (C=O) groups excluding carboxylic acids is 4. The van der Waals surface area contributed by atoms with Crippen LogP contribution in [0.2, 0.25) is 0 Å². The molecule has 0 rings (SSSR count). The van der Waals surface area contributed by atoms with E-state index in [1.165, 1.54) is 24.2 Å². The molecule has 0 aliphatic carbocycles. The van der Waals surface area contributed by atoms with Crippen molar-refractivity contribution in [3.8, 4) is 0 Å². The van der Waals surface area contributed by atoms with Crippen LogP contribution in [0.4, 0.5) is 0 Å². The Morgan fingerprint density at radius 1 is 0.585 bits per heavy atom. The van der Waals surface area contributed by atoms with Crippen LogP contribution >= 0.6 is 0 Å². The summed E-state index contributed by atoms with van der Waals surface area (Å²) in [4.78, 5) is 47.4. The van der Waals surface area contributed by atoms with Gasteiger partial charge in [0, 0.05) is 103 Å². The van der Waals surface area contributed by atoms with Crippen LogP contribution < -0.4 is 0 Å². The Morgan fingerprint density at radius 3 is 0.962 bits per heavy atom. The molecule has 314 valence electrons. The first-order valence-corrected chi connectivity index (χ1v) is 31.4. The van der Waals surface area contributed by atoms with Crippen molar-refractivity contribution in [3.63, 3.8) is 0 Å². The molecule has 0 aliphatic heterocycles. The Morgan fingerprint density at radius 2 is 0.811 bits per heavy atom. The second-order valence-corrected chi connectivity index (χ2v) is 25.9. The van der Waals surface area contributed by atoms with Crippen LogP contribution in [-0.2, 0) is 211 Å². The average Bonchev–Trinajstić information content (AvgIpc) is 3.09. The summed E-state index contributed by atoms with van der Waals surface area (Å²) >= 11 is 28.8. The number of ketones is 2. The zero-order valence-corrected chi connectivity index (χ0v) is 49.6. The summed E-state index contributed by atoms with van der Waals surface area (Å²) in [5.41, 5.74) is 0. The van der Waals surface area contributed by atoms with Crippen LogP contribution in [0.15, 0.2) is 0 Å². The molecule has 2 radical (unpaired) electrons. The molecule has 6 atom stereocenters. The monoisotopic (exact) mass is 1120 g/mol. The maximum atomic E-state index is 12.3. The predicted molar refractivity (Wildman–Crippen MR) is 258 cm³/mol. The van der Waals surface area contributed by atoms with E-state index in [1.807, 2.05) is 45.0 Å². The molecule has 6 unspecified atom stereocenters. The SMILES string of the molecule is CCC.CCCC(CCC)CC(=O)CC([C-]=O)N(S(C)=S)S(C)=S=S.CCCC(CCC)CC(=O)CC([C-]=O)N(S(C)=S)S(C)=S=S.C[S-].C[S-].[Y].[Y]. The van der Waals surface area contributed by atoms with Gasteiger partial charge in [-0.15, -0.1) is 0 Å². The van der Waals surface area contributed by atoms with Crippen molar-refractivity contribution in [2.45, 2.75) is 137 Å². The fraction of sp³-hybridized carbons (Fsp3) is 0.879. The summed E-state index contributed by atoms with van der Waals surface area (Å²) < 4.78 is 3.74. The quantitative estimate of drug-likeness (QED) is 0.0747. The third-order valence-corrected chi connectivity index (χ3v) is 20.6. The normalized spacial score (nSPS) is 13.5. The van der Waals surface area contributed by atoms with E-state index in [-0.39, 0.29) is 109 Å². The number of rotatable bonds is 24. The first-order valence-electron chi connectivity index (χ1n) is 17.0. The second-order valence-electron chi connectivity index (χ2n) is 11.2. The van der Waals surface area contributed by atoms with E-state index < -0.39 is 31.4 Å². The van der Waals surface area contributed by atoms with Crippen LogP contribution in [0.25, 0.3) is 0 Å². The summed E-state index contributed by atoms with van der Waals surface area (Å²) in [6, 6.07) is -1.13. The van der Waals surface area contributed by atoms with Crippen molar-refractivity contribution in [2.75, 3.05) is 37.5 Å². The zero-order chi connectivity index (χ0) is 40.9. The first-order chi connectivity index (χ1) is 24.2. The summed E-state index contributed by atoms with van der Waals surface area (Å²) in [5, 5.41) is 0. The van der Waals surface area contributed by atoms with Crippen LogP contribution in [0.3, 0.4) is 0 Å². The molecule has 0 aromatic rings. The van der Waals surface area contributed by atoms with Crippen LogP contribution in [0, 0.1) is 11.8 Å².